The van der Waals surface area contributed by atoms with Gasteiger partial charge in [-0.25, -0.2) is 9.59 Å². The van der Waals surface area contributed by atoms with E-state index in [0.717, 1.165) is 19.3 Å². The van der Waals surface area contributed by atoms with E-state index < -0.39 is 12.0 Å². The van der Waals surface area contributed by atoms with Crippen molar-refractivity contribution in [2.75, 3.05) is 19.6 Å². The third-order valence-electron chi connectivity index (χ3n) is 4.01. The summed E-state index contributed by atoms with van der Waals surface area (Å²) in [5.74, 6) is 0.190. The zero-order valence-electron chi connectivity index (χ0n) is 13.8. The average molecular weight is 298 g/mol. The van der Waals surface area contributed by atoms with E-state index in [1.54, 1.807) is 4.90 Å². The molecule has 5 nitrogen and oxygen atoms in total. The topological polar surface area (TPSA) is 60.9 Å². The number of rotatable bonds is 7. The smallest absolute Gasteiger partial charge is 0.326 e. The average Bonchev–Trinajstić information content (AvgIpc) is 2.86. The Morgan fingerprint density at radius 2 is 1.67 bits per heavy atom. The fourth-order valence-electron chi connectivity index (χ4n) is 2.57. The van der Waals surface area contributed by atoms with Gasteiger partial charge in [-0.3, -0.25) is 0 Å². The third kappa shape index (κ3) is 5.56. The Bertz CT molecular complexity index is 343. The second kappa shape index (κ2) is 8.25. The highest BCUT2D eigenvalue weighted by Crippen LogP contribution is 2.20. The number of hydrogen-bond acceptors (Lipinski definition) is 2. The Morgan fingerprint density at radius 1 is 1.14 bits per heavy atom. The lowest BCUT2D eigenvalue weighted by atomic mass is 10.1. The number of hydrogen-bond donors (Lipinski definition) is 1. The van der Waals surface area contributed by atoms with Crippen LogP contribution in [-0.4, -0.2) is 52.6 Å². The molecule has 0 radical (unpaired) electrons. The fourth-order valence-corrected chi connectivity index (χ4v) is 2.57. The van der Waals surface area contributed by atoms with Crippen LogP contribution in [0.3, 0.4) is 0 Å². The molecule has 1 rings (SSSR count). The normalized spacial score (nSPS) is 18.6. The van der Waals surface area contributed by atoms with Crippen LogP contribution in [-0.2, 0) is 4.79 Å². The van der Waals surface area contributed by atoms with Crippen LogP contribution in [0.1, 0.15) is 53.4 Å². The van der Waals surface area contributed by atoms with Crippen LogP contribution in [0.4, 0.5) is 4.79 Å². The molecule has 0 aromatic rings. The largest absolute Gasteiger partial charge is 0.480 e. The molecule has 1 unspecified atom stereocenters. The van der Waals surface area contributed by atoms with Crippen molar-refractivity contribution < 1.29 is 14.7 Å². The van der Waals surface area contributed by atoms with Crippen molar-refractivity contribution in [2.24, 2.45) is 11.8 Å². The Hall–Kier alpha value is -1.26. The molecular formula is C16H30N2O3. The van der Waals surface area contributed by atoms with Gasteiger partial charge in [0.25, 0.3) is 0 Å². The summed E-state index contributed by atoms with van der Waals surface area (Å²) in [5.41, 5.74) is 0. The highest BCUT2D eigenvalue weighted by Gasteiger charge is 2.36. The van der Waals surface area contributed by atoms with Crippen LogP contribution in [0, 0.1) is 11.8 Å². The maximum absolute atomic E-state index is 12.7. The van der Waals surface area contributed by atoms with Gasteiger partial charge in [0.05, 0.1) is 0 Å². The highest BCUT2D eigenvalue weighted by atomic mass is 16.4. The second-order valence-electron chi connectivity index (χ2n) is 6.82. The van der Waals surface area contributed by atoms with Crippen LogP contribution in [0.5, 0.6) is 0 Å². The van der Waals surface area contributed by atoms with Gasteiger partial charge in [-0.15, -0.1) is 0 Å². The lowest BCUT2D eigenvalue weighted by Crippen LogP contribution is -2.48. The molecular weight excluding hydrogens is 268 g/mol. The number of carbonyl (C=O) groups excluding carboxylic acids is 1. The molecule has 1 fully saturated rings. The summed E-state index contributed by atoms with van der Waals surface area (Å²) in [6.07, 6.45) is 3.26. The molecule has 1 N–H and O–H groups in total. The predicted octanol–water partition coefficient (Wildman–Crippen LogP) is 3.05. The van der Waals surface area contributed by atoms with E-state index in [9.17, 15) is 14.7 Å². The minimum atomic E-state index is -0.881. The number of amides is 2. The fraction of sp³-hybridized carbons (Fsp3) is 0.875. The van der Waals surface area contributed by atoms with Crippen LogP contribution in [0.25, 0.3) is 0 Å². The molecule has 122 valence electrons. The van der Waals surface area contributed by atoms with E-state index in [4.69, 9.17) is 0 Å². The number of carboxylic acid groups (broad SMARTS) is 1. The van der Waals surface area contributed by atoms with E-state index in [1.165, 1.54) is 0 Å². The SMILES string of the molecule is CC(C)CCN(CCC(C)C)C(=O)N1CCCC1C(=O)O. The molecule has 2 amide bonds. The molecule has 21 heavy (non-hydrogen) atoms. The van der Waals surface area contributed by atoms with Crippen LogP contribution in [0.2, 0.25) is 0 Å². The Morgan fingerprint density at radius 3 is 2.10 bits per heavy atom. The van der Waals surface area contributed by atoms with Gasteiger partial charge in [0.1, 0.15) is 6.04 Å². The van der Waals surface area contributed by atoms with Gasteiger partial charge >= 0.3 is 12.0 Å². The molecule has 0 aromatic heterocycles. The van der Waals surface area contributed by atoms with Crippen molar-refractivity contribution >= 4 is 12.0 Å². The van der Waals surface area contributed by atoms with E-state index >= 15 is 0 Å². The Labute approximate surface area is 128 Å². The molecule has 0 aromatic carbocycles. The van der Waals surface area contributed by atoms with Gasteiger partial charge in [0.15, 0.2) is 0 Å². The maximum atomic E-state index is 12.7. The molecule has 1 atom stereocenters. The summed E-state index contributed by atoms with van der Waals surface area (Å²) in [6.45, 7) is 10.6. The first-order chi connectivity index (χ1) is 9.82. The molecule has 1 aliphatic heterocycles. The maximum Gasteiger partial charge on any atom is 0.326 e. The lowest BCUT2D eigenvalue weighted by molar-refractivity contribution is -0.141. The van der Waals surface area contributed by atoms with Gasteiger partial charge in [-0.2, -0.15) is 0 Å². The summed E-state index contributed by atoms with van der Waals surface area (Å²) < 4.78 is 0. The highest BCUT2D eigenvalue weighted by molar-refractivity contribution is 5.83. The number of carbonyl (C=O) groups is 2. The zero-order chi connectivity index (χ0) is 16.0. The standard InChI is InChI=1S/C16H30N2O3/c1-12(2)7-10-17(11-8-13(3)4)16(21)18-9-5-6-14(18)15(19)20/h12-14H,5-11H2,1-4H3,(H,19,20). The minimum Gasteiger partial charge on any atom is -0.480 e. The minimum absolute atomic E-state index is 0.0961. The number of nitrogens with zero attached hydrogens (tertiary/aromatic N) is 2. The zero-order valence-corrected chi connectivity index (χ0v) is 13.8. The van der Waals surface area contributed by atoms with Crippen LogP contribution < -0.4 is 0 Å². The van der Waals surface area contributed by atoms with Crippen LogP contribution >= 0.6 is 0 Å². The van der Waals surface area contributed by atoms with E-state index in [-0.39, 0.29) is 6.03 Å². The molecule has 0 spiro atoms. The first kappa shape index (κ1) is 17.8. The molecule has 0 aliphatic carbocycles. The number of likely N-dealkylation sites (tertiary alicyclic amines) is 1. The predicted molar refractivity (Wildman–Crippen MR) is 83.2 cm³/mol. The van der Waals surface area contributed by atoms with Crippen molar-refractivity contribution in [2.45, 2.75) is 59.4 Å². The first-order valence-corrected chi connectivity index (χ1v) is 8.11. The van der Waals surface area contributed by atoms with Gasteiger partial charge < -0.3 is 14.9 Å². The summed E-state index contributed by atoms with van der Waals surface area (Å²) in [7, 11) is 0. The summed E-state index contributed by atoms with van der Waals surface area (Å²) in [5, 5.41) is 9.24. The number of aliphatic carboxylic acids is 1. The van der Waals surface area contributed by atoms with Gasteiger partial charge in [-0.05, 0) is 37.5 Å². The first-order valence-electron chi connectivity index (χ1n) is 8.11. The van der Waals surface area contributed by atoms with Crippen LogP contribution in [0.15, 0.2) is 0 Å². The third-order valence-corrected chi connectivity index (χ3v) is 4.01. The molecule has 1 saturated heterocycles. The summed E-state index contributed by atoms with van der Waals surface area (Å²) in [6, 6.07) is -0.737. The van der Waals surface area contributed by atoms with E-state index in [1.807, 2.05) is 4.90 Å². The van der Waals surface area contributed by atoms with Crippen molar-refractivity contribution in [1.82, 2.24) is 9.80 Å². The van der Waals surface area contributed by atoms with Crippen molar-refractivity contribution in [3.05, 3.63) is 0 Å². The number of urea groups is 1. The summed E-state index contributed by atoms with van der Waals surface area (Å²) >= 11 is 0. The van der Waals surface area contributed by atoms with Crippen molar-refractivity contribution in [1.29, 1.82) is 0 Å². The molecule has 0 bridgehead atoms. The van der Waals surface area contributed by atoms with Crippen molar-refractivity contribution in [3.63, 3.8) is 0 Å². The molecule has 5 heteroatoms. The quantitative estimate of drug-likeness (QED) is 0.786. The summed E-state index contributed by atoms with van der Waals surface area (Å²) in [4.78, 5) is 27.3. The van der Waals surface area contributed by atoms with Gasteiger partial charge in [-0.1, -0.05) is 27.7 Å². The lowest BCUT2D eigenvalue weighted by Gasteiger charge is -2.31. The van der Waals surface area contributed by atoms with Crippen molar-refractivity contribution in [3.8, 4) is 0 Å². The van der Waals surface area contributed by atoms with Gasteiger partial charge in [0.2, 0.25) is 0 Å². The number of carboxylic acids is 1. The second-order valence-corrected chi connectivity index (χ2v) is 6.82. The molecule has 1 heterocycles. The molecule has 1 aliphatic rings. The molecule has 0 saturated carbocycles. The van der Waals surface area contributed by atoms with E-state index in [2.05, 4.69) is 27.7 Å². The van der Waals surface area contributed by atoms with Gasteiger partial charge in [0, 0.05) is 19.6 Å². The Kier molecular flexibility index (Phi) is 6.99. The Balaban J connectivity index is 2.70. The van der Waals surface area contributed by atoms with E-state index in [0.29, 0.717) is 37.9 Å². The monoisotopic (exact) mass is 298 g/mol.